The van der Waals surface area contributed by atoms with Gasteiger partial charge in [-0.05, 0) is 56.1 Å². The minimum absolute atomic E-state index is 0.0567. The molecule has 0 bridgehead atoms. The summed E-state index contributed by atoms with van der Waals surface area (Å²) in [4.78, 5) is 24.9. The normalized spacial score (nSPS) is 20.7. The van der Waals surface area contributed by atoms with Gasteiger partial charge in [0, 0.05) is 29.9 Å². The number of amides is 1. The number of carbonyl (C=O) groups excluding carboxylic acids is 1. The number of nitrogens with zero attached hydrogens (tertiary/aromatic N) is 3. The van der Waals surface area contributed by atoms with E-state index in [1.165, 1.54) is 17.7 Å². The van der Waals surface area contributed by atoms with Gasteiger partial charge in [0.1, 0.15) is 12.1 Å². The van der Waals surface area contributed by atoms with Crippen LogP contribution in [0, 0.1) is 11.8 Å². The molecule has 1 aromatic carbocycles. The summed E-state index contributed by atoms with van der Waals surface area (Å²) in [7, 11) is 0. The summed E-state index contributed by atoms with van der Waals surface area (Å²) in [5.74, 6) is 1.95. The van der Waals surface area contributed by atoms with Gasteiger partial charge in [0.2, 0.25) is 5.91 Å². The first-order chi connectivity index (χ1) is 12.2. The molecular weight excluding hydrogens is 332 g/mol. The zero-order valence-corrected chi connectivity index (χ0v) is 15.4. The molecule has 4 rings (SSSR count). The highest BCUT2D eigenvalue weighted by atomic mass is 32.2. The molecule has 2 fully saturated rings. The van der Waals surface area contributed by atoms with Gasteiger partial charge in [0.15, 0.2) is 0 Å². The smallest absolute Gasteiger partial charge is 0.224 e. The number of fused-ring (bicyclic) bond motifs is 1. The molecule has 1 aromatic heterocycles. The summed E-state index contributed by atoms with van der Waals surface area (Å²) in [5.41, 5.74) is 0.961. The summed E-state index contributed by atoms with van der Waals surface area (Å²) in [6, 6.07) is 6.30. The second-order valence-electron chi connectivity index (χ2n) is 7.05. The molecule has 0 radical (unpaired) electrons. The van der Waals surface area contributed by atoms with Crippen molar-refractivity contribution in [1.29, 1.82) is 0 Å². The molecular formula is C19H24N4OS. The molecule has 1 amide bonds. The number of nitrogens with one attached hydrogen (secondary N) is 1. The van der Waals surface area contributed by atoms with Crippen LogP contribution in [0.3, 0.4) is 0 Å². The molecule has 1 aliphatic heterocycles. The summed E-state index contributed by atoms with van der Waals surface area (Å²) in [6.45, 7) is 2.54. The van der Waals surface area contributed by atoms with Crippen LogP contribution in [0.5, 0.6) is 0 Å². The van der Waals surface area contributed by atoms with Crippen LogP contribution in [-0.2, 0) is 4.79 Å². The van der Waals surface area contributed by atoms with E-state index in [9.17, 15) is 4.79 Å². The molecule has 1 saturated carbocycles. The third-order valence-corrected chi connectivity index (χ3v) is 5.90. The summed E-state index contributed by atoms with van der Waals surface area (Å²) in [6.07, 6.45) is 8.23. The van der Waals surface area contributed by atoms with Gasteiger partial charge < -0.3 is 10.2 Å². The Morgan fingerprint density at radius 3 is 3.00 bits per heavy atom. The number of aromatic nitrogens is 2. The Bertz CT molecular complexity index is 777. The van der Waals surface area contributed by atoms with Crippen molar-refractivity contribution in [3.05, 3.63) is 24.5 Å². The summed E-state index contributed by atoms with van der Waals surface area (Å²) >= 11 is 1.72. The maximum Gasteiger partial charge on any atom is 0.224 e. The fraction of sp³-hybridized carbons (Fsp3) is 0.526. The van der Waals surface area contributed by atoms with Gasteiger partial charge in [-0.15, -0.1) is 11.8 Å². The number of rotatable bonds is 5. The van der Waals surface area contributed by atoms with Gasteiger partial charge in [-0.25, -0.2) is 9.97 Å². The van der Waals surface area contributed by atoms with Crippen molar-refractivity contribution in [3.63, 3.8) is 0 Å². The van der Waals surface area contributed by atoms with Crippen molar-refractivity contribution in [2.45, 2.75) is 30.6 Å². The molecule has 2 aliphatic rings. The fourth-order valence-corrected chi connectivity index (χ4v) is 3.94. The second-order valence-corrected chi connectivity index (χ2v) is 7.93. The number of thioether (sulfide) groups is 1. The van der Waals surface area contributed by atoms with Crippen molar-refractivity contribution in [3.8, 4) is 0 Å². The quantitative estimate of drug-likeness (QED) is 0.834. The average molecular weight is 356 g/mol. The Morgan fingerprint density at radius 2 is 2.20 bits per heavy atom. The third kappa shape index (κ3) is 3.73. The first kappa shape index (κ1) is 16.6. The predicted octanol–water partition coefficient (Wildman–Crippen LogP) is 3.09. The molecule has 132 valence electrons. The molecule has 5 nitrogen and oxygen atoms in total. The van der Waals surface area contributed by atoms with Gasteiger partial charge in [-0.1, -0.05) is 0 Å². The zero-order chi connectivity index (χ0) is 17.2. The Morgan fingerprint density at radius 1 is 1.32 bits per heavy atom. The molecule has 2 heterocycles. The molecule has 1 N–H and O–H groups in total. The highest BCUT2D eigenvalue weighted by Crippen LogP contribution is 2.31. The highest BCUT2D eigenvalue weighted by molar-refractivity contribution is 7.98. The van der Waals surface area contributed by atoms with Crippen LogP contribution < -0.4 is 10.2 Å². The minimum Gasteiger partial charge on any atom is -0.356 e. The van der Waals surface area contributed by atoms with Crippen molar-refractivity contribution in [2.24, 2.45) is 11.8 Å². The van der Waals surface area contributed by atoms with E-state index >= 15 is 0 Å². The van der Waals surface area contributed by atoms with E-state index in [1.807, 2.05) is 0 Å². The van der Waals surface area contributed by atoms with E-state index in [2.05, 4.69) is 44.6 Å². The van der Waals surface area contributed by atoms with Crippen LogP contribution in [0.25, 0.3) is 10.9 Å². The van der Waals surface area contributed by atoms with E-state index < -0.39 is 0 Å². The number of benzene rings is 1. The van der Waals surface area contributed by atoms with Crippen molar-refractivity contribution in [2.75, 3.05) is 30.8 Å². The predicted molar refractivity (Wildman–Crippen MR) is 102 cm³/mol. The second kappa shape index (κ2) is 7.20. The lowest BCUT2D eigenvalue weighted by atomic mass is 9.96. The summed E-state index contributed by atoms with van der Waals surface area (Å²) < 4.78 is 0. The molecule has 1 aliphatic carbocycles. The molecule has 25 heavy (non-hydrogen) atoms. The highest BCUT2D eigenvalue weighted by Gasteiger charge is 2.29. The van der Waals surface area contributed by atoms with Gasteiger partial charge in [0.05, 0.1) is 11.4 Å². The zero-order valence-electron chi connectivity index (χ0n) is 14.6. The van der Waals surface area contributed by atoms with Crippen LogP contribution >= 0.6 is 11.8 Å². The van der Waals surface area contributed by atoms with Crippen LogP contribution in [0.15, 0.2) is 29.4 Å². The van der Waals surface area contributed by atoms with E-state index in [1.54, 1.807) is 18.1 Å². The number of hydrogen-bond acceptors (Lipinski definition) is 5. The fourth-order valence-electron chi connectivity index (χ4n) is 3.50. The first-order valence-corrected chi connectivity index (χ1v) is 10.3. The van der Waals surface area contributed by atoms with Crippen LogP contribution in [0.2, 0.25) is 0 Å². The number of hydrogen-bond donors (Lipinski definition) is 1. The molecule has 2 aromatic rings. The molecule has 1 unspecified atom stereocenters. The Labute approximate surface area is 152 Å². The average Bonchev–Trinajstić information content (AvgIpc) is 3.49. The first-order valence-electron chi connectivity index (χ1n) is 9.06. The summed E-state index contributed by atoms with van der Waals surface area (Å²) in [5, 5.41) is 4.22. The lowest BCUT2D eigenvalue weighted by Gasteiger charge is -2.33. The maximum absolute atomic E-state index is 12.5. The number of carbonyl (C=O) groups is 1. The Balaban J connectivity index is 1.54. The van der Waals surface area contributed by atoms with Crippen LogP contribution in [0.1, 0.15) is 25.7 Å². The largest absolute Gasteiger partial charge is 0.356 e. The molecule has 1 atom stereocenters. The Hall–Kier alpha value is -1.82. The van der Waals surface area contributed by atoms with Crippen molar-refractivity contribution < 1.29 is 4.79 Å². The lowest BCUT2D eigenvalue weighted by Crippen LogP contribution is -2.43. The van der Waals surface area contributed by atoms with Gasteiger partial charge >= 0.3 is 0 Å². The monoisotopic (exact) mass is 356 g/mol. The van der Waals surface area contributed by atoms with E-state index in [4.69, 9.17) is 0 Å². The van der Waals surface area contributed by atoms with E-state index in [-0.39, 0.29) is 11.8 Å². The third-order valence-electron chi connectivity index (χ3n) is 5.18. The van der Waals surface area contributed by atoms with E-state index in [0.717, 1.165) is 55.1 Å². The minimum atomic E-state index is 0.0567. The molecule has 6 heteroatoms. The standard InChI is InChI=1S/C19H24N4OS/c1-25-15-6-7-17-16(9-15)18(22-12-21-17)23-8-2-3-14(11-23)19(24)20-10-13-4-5-13/h6-7,9,12-14H,2-5,8,10-11H2,1H3,(H,20,24). The molecule has 0 spiro atoms. The maximum atomic E-state index is 12.5. The number of piperidine rings is 1. The van der Waals surface area contributed by atoms with Crippen LogP contribution in [0.4, 0.5) is 5.82 Å². The van der Waals surface area contributed by atoms with Crippen molar-refractivity contribution >= 4 is 34.4 Å². The van der Waals surface area contributed by atoms with E-state index in [0.29, 0.717) is 0 Å². The van der Waals surface area contributed by atoms with Gasteiger partial charge in [0.25, 0.3) is 0 Å². The Kier molecular flexibility index (Phi) is 4.79. The SMILES string of the molecule is CSc1ccc2ncnc(N3CCCC(C(=O)NCC4CC4)C3)c2c1. The van der Waals surface area contributed by atoms with Gasteiger partial charge in [-0.2, -0.15) is 0 Å². The topological polar surface area (TPSA) is 58.1 Å². The van der Waals surface area contributed by atoms with Crippen molar-refractivity contribution in [1.82, 2.24) is 15.3 Å². The number of anilines is 1. The lowest BCUT2D eigenvalue weighted by molar-refractivity contribution is -0.125. The molecule has 1 saturated heterocycles. The van der Waals surface area contributed by atoms with Crippen LogP contribution in [-0.4, -0.2) is 41.8 Å². The van der Waals surface area contributed by atoms with Gasteiger partial charge in [-0.3, -0.25) is 4.79 Å².